The van der Waals surface area contributed by atoms with Crippen molar-refractivity contribution in [1.82, 2.24) is 0 Å². The standard InChI is InChI=1S/C22H22BrNO4/c1-4-26-19-12-15(10-17(23)20(19)27-13-14(2)3)11-18-22(25)28-21(24-18)16-8-6-5-7-9-16/h5-12,14H,4,13H2,1-3H3/b18-11-. The van der Waals surface area contributed by atoms with E-state index in [2.05, 4.69) is 34.8 Å². The van der Waals surface area contributed by atoms with Gasteiger partial charge in [-0.3, -0.25) is 0 Å². The van der Waals surface area contributed by atoms with E-state index in [0.717, 1.165) is 15.6 Å². The van der Waals surface area contributed by atoms with Gasteiger partial charge in [0.1, 0.15) is 0 Å². The number of cyclic esters (lactones) is 1. The zero-order valence-corrected chi connectivity index (χ0v) is 17.7. The SMILES string of the molecule is CCOc1cc(/C=C2\N=C(c3ccccc3)OC2=O)cc(Br)c1OCC(C)C. The molecule has 0 saturated heterocycles. The van der Waals surface area contributed by atoms with Crippen LogP contribution in [0.25, 0.3) is 6.08 Å². The fraction of sp³-hybridized carbons (Fsp3) is 0.273. The third kappa shape index (κ3) is 4.81. The lowest BCUT2D eigenvalue weighted by molar-refractivity contribution is -0.129. The first-order chi connectivity index (χ1) is 13.5. The maximum Gasteiger partial charge on any atom is 0.363 e. The number of hydrogen-bond acceptors (Lipinski definition) is 5. The van der Waals surface area contributed by atoms with E-state index in [1.165, 1.54) is 0 Å². The monoisotopic (exact) mass is 443 g/mol. The largest absolute Gasteiger partial charge is 0.490 e. The van der Waals surface area contributed by atoms with E-state index < -0.39 is 5.97 Å². The fourth-order valence-electron chi connectivity index (χ4n) is 2.60. The highest BCUT2D eigenvalue weighted by Crippen LogP contribution is 2.38. The van der Waals surface area contributed by atoms with Crippen molar-refractivity contribution in [2.75, 3.05) is 13.2 Å². The molecule has 6 heteroatoms. The zero-order chi connectivity index (χ0) is 20.1. The first-order valence-corrected chi connectivity index (χ1v) is 9.94. The average molecular weight is 444 g/mol. The van der Waals surface area contributed by atoms with E-state index in [4.69, 9.17) is 14.2 Å². The van der Waals surface area contributed by atoms with Crippen molar-refractivity contribution in [3.05, 3.63) is 63.8 Å². The van der Waals surface area contributed by atoms with Crippen molar-refractivity contribution in [3.8, 4) is 11.5 Å². The molecule has 0 aromatic heterocycles. The Morgan fingerprint density at radius 3 is 2.61 bits per heavy atom. The van der Waals surface area contributed by atoms with E-state index >= 15 is 0 Å². The minimum absolute atomic E-state index is 0.240. The number of carbonyl (C=O) groups excluding carboxylic acids is 1. The maximum atomic E-state index is 12.2. The molecule has 2 aromatic rings. The van der Waals surface area contributed by atoms with E-state index in [1.807, 2.05) is 49.4 Å². The van der Waals surface area contributed by atoms with Gasteiger partial charge in [0.2, 0.25) is 5.90 Å². The van der Waals surface area contributed by atoms with Crippen LogP contribution < -0.4 is 9.47 Å². The van der Waals surface area contributed by atoms with Gasteiger partial charge in [0.15, 0.2) is 17.2 Å². The van der Waals surface area contributed by atoms with E-state index in [9.17, 15) is 4.79 Å². The van der Waals surface area contributed by atoms with Crippen LogP contribution in [-0.2, 0) is 9.53 Å². The van der Waals surface area contributed by atoms with Crippen molar-refractivity contribution in [3.63, 3.8) is 0 Å². The Hall–Kier alpha value is -2.60. The molecule has 0 unspecified atom stereocenters. The van der Waals surface area contributed by atoms with Gasteiger partial charge in [0, 0.05) is 5.56 Å². The minimum Gasteiger partial charge on any atom is -0.490 e. The molecule has 1 aliphatic heterocycles. The molecular formula is C22H22BrNO4. The first kappa shape index (κ1) is 20.1. The van der Waals surface area contributed by atoms with Gasteiger partial charge in [-0.15, -0.1) is 0 Å². The summed E-state index contributed by atoms with van der Waals surface area (Å²) >= 11 is 3.54. The van der Waals surface area contributed by atoms with Crippen molar-refractivity contribution in [2.45, 2.75) is 20.8 Å². The summed E-state index contributed by atoms with van der Waals surface area (Å²) in [6.45, 7) is 7.16. The number of hydrogen-bond donors (Lipinski definition) is 0. The summed E-state index contributed by atoms with van der Waals surface area (Å²) in [5.41, 5.74) is 1.76. The Morgan fingerprint density at radius 1 is 1.18 bits per heavy atom. The van der Waals surface area contributed by atoms with Crippen molar-refractivity contribution < 1.29 is 19.0 Å². The summed E-state index contributed by atoms with van der Waals surface area (Å²) < 4.78 is 17.7. The Kier molecular flexibility index (Phi) is 6.52. The average Bonchev–Trinajstić information content (AvgIpc) is 3.02. The Morgan fingerprint density at radius 2 is 1.93 bits per heavy atom. The van der Waals surface area contributed by atoms with Crippen LogP contribution in [0.2, 0.25) is 0 Å². The van der Waals surface area contributed by atoms with Gasteiger partial charge in [0.25, 0.3) is 0 Å². The summed E-state index contributed by atoms with van der Waals surface area (Å²) in [6.07, 6.45) is 1.68. The number of carbonyl (C=O) groups is 1. The van der Waals surface area contributed by atoms with Gasteiger partial charge in [-0.25, -0.2) is 9.79 Å². The smallest absolute Gasteiger partial charge is 0.363 e. The van der Waals surface area contributed by atoms with Crippen molar-refractivity contribution in [1.29, 1.82) is 0 Å². The van der Waals surface area contributed by atoms with Crippen LogP contribution in [0.3, 0.4) is 0 Å². The zero-order valence-electron chi connectivity index (χ0n) is 16.1. The van der Waals surface area contributed by atoms with Crippen LogP contribution in [-0.4, -0.2) is 25.1 Å². The Bertz CT molecular complexity index is 920. The molecule has 28 heavy (non-hydrogen) atoms. The van der Waals surface area contributed by atoms with Crippen LogP contribution in [0.5, 0.6) is 11.5 Å². The predicted molar refractivity (Wildman–Crippen MR) is 113 cm³/mol. The number of nitrogens with zero attached hydrogens (tertiary/aromatic N) is 1. The van der Waals surface area contributed by atoms with Gasteiger partial charge in [-0.05, 0) is 64.7 Å². The van der Waals surface area contributed by atoms with Gasteiger partial charge in [-0.2, -0.15) is 0 Å². The second kappa shape index (κ2) is 9.06. The van der Waals surface area contributed by atoms with Gasteiger partial charge in [0.05, 0.1) is 17.7 Å². The van der Waals surface area contributed by atoms with Crippen molar-refractivity contribution >= 4 is 33.9 Å². The van der Waals surface area contributed by atoms with E-state index in [-0.39, 0.29) is 5.70 Å². The number of rotatable bonds is 7. The molecule has 0 spiro atoms. The lowest BCUT2D eigenvalue weighted by Gasteiger charge is -2.16. The van der Waals surface area contributed by atoms with E-state index in [0.29, 0.717) is 36.5 Å². The van der Waals surface area contributed by atoms with Gasteiger partial charge >= 0.3 is 5.97 Å². The lowest BCUT2D eigenvalue weighted by atomic mass is 10.1. The number of aliphatic imine (C=N–C) groups is 1. The molecule has 0 aliphatic carbocycles. The number of halogens is 1. The van der Waals surface area contributed by atoms with Crippen LogP contribution in [0, 0.1) is 5.92 Å². The first-order valence-electron chi connectivity index (χ1n) is 9.15. The van der Waals surface area contributed by atoms with Gasteiger partial charge in [-0.1, -0.05) is 32.0 Å². The number of esters is 1. The van der Waals surface area contributed by atoms with Crippen LogP contribution in [0.1, 0.15) is 31.9 Å². The highest BCUT2D eigenvalue weighted by Gasteiger charge is 2.24. The molecular weight excluding hydrogens is 422 g/mol. The van der Waals surface area contributed by atoms with E-state index in [1.54, 1.807) is 6.08 Å². The maximum absolute atomic E-state index is 12.2. The highest BCUT2D eigenvalue weighted by molar-refractivity contribution is 9.10. The molecule has 1 aliphatic rings. The minimum atomic E-state index is -0.479. The third-order valence-electron chi connectivity index (χ3n) is 3.84. The predicted octanol–water partition coefficient (Wildman–Crippen LogP) is 5.23. The topological polar surface area (TPSA) is 57.1 Å². The second-order valence-corrected chi connectivity index (χ2v) is 7.52. The molecule has 0 bridgehead atoms. The molecule has 0 radical (unpaired) electrons. The summed E-state index contributed by atoms with van der Waals surface area (Å²) in [6, 6.07) is 13.0. The van der Waals surface area contributed by atoms with Gasteiger partial charge < -0.3 is 14.2 Å². The molecule has 1 heterocycles. The number of benzene rings is 2. The second-order valence-electron chi connectivity index (χ2n) is 6.67. The third-order valence-corrected chi connectivity index (χ3v) is 4.43. The molecule has 0 amide bonds. The Balaban J connectivity index is 1.92. The quantitative estimate of drug-likeness (QED) is 0.434. The molecule has 146 valence electrons. The van der Waals surface area contributed by atoms with Crippen LogP contribution in [0.4, 0.5) is 0 Å². The van der Waals surface area contributed by atoms with Crippen molar-refractivity contribution in [2.24, 2.45) is 10.9 Å². The molecule has 0 saturated carbocycles. The fourth-order valence-corrected chi connectivity index (χ4v) is 3.17. The molecule has 2 aromatic carbocycles. The summed E-state index contributed by atoms with van der Waals surface area (Å²) in [7, 11) is 0. The number of ether oxygens (including phenoxy) is 3. The summed E-state index contributed by atoms with van der Waals surface area (Å²) in [5.74, 6) is 1.48. The Labute approximate surface area is 173 Å². The summed E-state index contributed by atoms with van der Waals surface area (Å²) in [5, 5.41) is 0. The lowest BCUT2D eigenvalue weighted by Crippen LogP contribution is -2.07. The molecule has 0 fully saturated rings. The molecule has 0 atom stereocenters. The van der Waals surface area contributed by atoms with Crippen LogP contribution in [0.15, 0.2) is 57.6 Å². The summed E-state index contributed by atoms with van der Waals surface area (Å²) in [4.78, 5) is 16.6. The molecule has 0 N–H and O–H groups in total. The normalized spacial score (nSPS) is 15.0. The highest BCUT2D eigenvalue weighted by atomic mass is 79.9. The molecule has 3 rings (SSSR count). The molecule has 5 nitrogen and oxygen atoms in total. The van der Waals surface area contributed by atoms with Crippen LogP contribution >= 0.6 is 15.9 Å².